The predicted octanol–water partition coefficient (Wildman–Crippen LogP) is 5.12. The second-order valence-corrected chi connectivity index (χ2v) is 8.03. The highest BCUT2D eigenvalue weighted by atomic mass is 35.5. The summed E-state index contributed by atoms with van der Waals surface area (Å²) in [7, 11) is 0. The van der Waals surface area contributed by atoms with Crippen molar-refractivity contribution in [2.75, 3.05) is 11.5 Å². The Kier molecular flexibility index (Phi) is 6.24. The number of hydrogen-bond acceptors (Lipinski definition) is 3. The first-order valence-corrected chi connectivity index (χ1v) is 10.5. The molecule has 4 nitrogen and oxygen atoms in total. The van der Waals surface area contributed by atoms with Gasteiger partial charge in [0.1, 0.15) is 12.4 Å². The molecule has 3 aromatic carbocycles. The van der Waals surface area contributed by atoms with Gasteiger partial charge < -0.3 is 15.0 Å². The largest absolute Gasteiger partial charge is 0.489 e. The van der Waals surface area contributed by atoms with Gasteiger partial charge >= 0.3 is 0 Å². The second-order valence-electron chi connectivity index (χ2n) is 7.62. The summed E-state index contributed by atoms with van der Waals surface area (Å²) in [5.74, 6) is 0.842. The molecule has 154 valence electrons. The van der Waals surface area contributed by atoms with Gasteiger partial charge in [0.25, 0.3) is 0 Å². The standard InChI is InChI=1S/C25H25ClN2O2/c1-18-10-12-19(13-11-18)16-28-21(17-30-24-9-5-4-8-23(24)28)14-25(29)27-15-20-6-2-3-7-22(20)26/h2-13,21H,14-17H2,1H3,(H,27,29). The fraction of sp³-hybridized carbons (Fsp3) is 0.240. The average Bonchev–Trinajstić information content (AvgIpc) is 2.76. The van der Waals surface area contributed by atoms with Gasteiger partial charge in [-0.1, -0.05) is 71.8 Å². The number of amides is 1. The highest BCUT2D eigenvalue weighted by Gasteiger charge is 2.29. The Morgan fingerprint density at radius 3 is 2.60 bits per heavy atom. The monoisotopic (exact) mass is 420 g/mol. The average molecular weight is 421 g/mol. The molecule has 0 aliphatic carbocycles. The van der Waals surface area contributed by atoms with E-state index in [2.05, 4.69) is 47.5 Å². The van der Waals surface area contributed by atoms with Gasteiger partial charge in [-0.25, -0.2) is 0 Å². The zero-order valence-electron chi connectivity index (χ0n) is 17.0. The molecule has 0 radical (unpaired) electrons. The predicted molar refractivity (Wildman–Crippen MR) is 121 cm³/mol. The van der Waals surface area contributed by atoms with E-state index in [1.54, 1.807) is 0 Å². The van der Waals surface area contributed by atoms with Gasteiger partial charge in [0.05, 0.1) is 18.2 Å². The van der Waals surface area contributed by atoms with Crippen molar-refractivity contribution in [1.82, 2.24) is 5.32 Å². The maximum Gasteiger partial charge on any atom is 0.222 e. The van der Waals surface area contributed by atoms with Crippen LogP contribution in [-0.4, -0.2) is 18.6 Å². The Balaban J connectivity index is 1.48. The Morgan fingerprint density at radius 1 is 1.07 bits per heavy atom. The molecule has 3 aromatic rings. The van der Waals surface area contributed by atoms with Crippen molar-refractivity contribution in [3.8, 4) is 5.75 Å². The molecular formula is C25H25ClN2O2. The molecule has 1 aliphatic heterocycles. The molecule has 0 saturated heterocycles. The molecule has 1 N–H and O–H groups in total. The van der Waals surface area contributed by atoms with Crippen LogP contribution in [0.3, 0.4) is 0 Å². The van der Waals surface area contributed by atoms with Gasteiger partial charge in [0, 0.05) is 18.1 Å². The minimum atomic E-state index is -0.0487. The van der Waals surface area contributed by atoms with Crippen LogP contribution in [0.4, 0.5) is 5.69 Å². The maximum absolute atomic E-state index is 12.7. The lowest BCUT2D eigenvalue weighted by Crippen LogP contribution is -2.45. The van der Waals surface area contributed by atoms with Gasteiger partial charge in [-0.05, 0) is 36.2 Å². The van der Waals surface area contributed by atoms with Crippen LogP contribution in [0.2, 0.25) is 5.02 Å². The quantitative estimate of drug-likeness (QED) is 0.601. The van der Waals surface area contributed by atoms with Crippen molar-refractivity contribution >= 4 is 23.2 Å². The number of fused-ring (bicyclic) bond motifs is 1. The number of nitrogens with zero attached hydrogens (tertiary/aromatic N) is 1. The van der Waals surface area contributed by atoms with Crippen molar-refractivity contribution in [1.29, 1.82) is 0 Å². The minimum Gasteiger partial charge on any atom is -0.489 e. The van der Waals surface area contributed by atoms with E-state index in [1.807, 2.05) is 42.5 Å². The number of carbonyl (C=O) groups excluding carboxylic acids is 1. The van der Waals surface area contributed by atoms with Crippen LogP contribution in [-0.2, 0) is 17.9 Å². The molecule has 5 heteroatoms. The summed E-state index contributed by atoms with van der Waals surface area (Å²) in [6.07, 6.45) is 0.352. The van der Waals surface area contributed by atoms with E-state index in [0.717, 1.165) is 23.5 Å². The van der Waals surface area contributed by atoms with E-state index < -0.39 is 0 Å². The fourth-order valence-electron chi connectivity index (χ4n) is 3.68. The summed E-state index contributed by atoms with van der Waals surface area (Å²) in [6.45, 7) is 3.70. The molecule has 0 saturated carbocycles. The molecule has 0 fully saturated rings. The van der Waals surface area contributed by atoms with Crippen molar-refractivity contribution in [2.45, 2.75) is 32.5 Å². The summed E-state index contributed by atoms with van der Waals surface area (Å²) in [4.78, 5) is 15.0. The Morgan fingerprint density at radius 2 is 1.80 bits per heavy atom. The van der Waals surface area contributed by atoms with Crippen molar-refractivity contribution in [2.24, 2.45) is 0 Å². The smallest absolute Gasteiger partial charge is 0.222 e. The molecule has 1 atom stereocenters. The normalized spacial score (nSPS) is 15.3. The van der Waals surface area contributed by atoms with Crippen molar-refractivity contribution in [3.63, 3.8) is 0 Å². The Hall–Kier alpha value is -2.98. The van der Waals surface area contributed by atoms with Crippen molar-refractivity contribution in [3.05, 3.63) is 94.5 Å². The third-order valence-electron chi connectivity index (χ3n) is 5.38. The van der Waals surface area contributed by atoms with E-state index in [4.69, 9.17) is 16.3 Å². The number of rotatable bonds is 6. The third kappa shape index (κ3) is 4.77. The lowest BCUT2D eigenvalue weighted by molar-refractivity contribution is -0.121. The Bertz CT molecular complexity index is 1020. The number of anilines is 1. The molecule has 30 heavy (non-hydrogen) atoms. The number of nitrogens with one attached hydrogen (secondary N) is 1. The highest BCUT2D eigenvalue weighted by Crippen LogP contribution is 2.35. The van der Waals surface area contributed by atoms with Crippen LogP contribution in [0, 0.1) is 6.92 Å². The lowest BCUT2D eigenvalue weighted by atomic mass is 10.1. The maximum atomic E-state index is 12.7. The van der Waals surface area contributed by atoms with Gasteiger partial charge in [0.2, 0.25) is 5.91 Å². The lowest BCUT2D eigenvalue weighted by Gasteiger charge is -2.38. The first-order valence-electron chi connectivity index (χ1n) is 10.1. The van der Waals surface area contributed by atoms with Crippen LogP contribution >= 0.6 is 11.6 Å². The van der Waals surface area contributed by atoms with Crippen LogP contribution in [0.1, 0.15) is 23.1 Å². The molecule has 4 rings (SSSR count). The van der Waals surface area contributed by atoms with Crippen LogP contribution in [0.25, 0.3) is 0 Å². The van der Waals surface area contributed by atoms with Gasteiger partial charge in [0.15, 0.2) is 0 Å². The molecule has 1 aliphatic rings. The van der Waals surface area contributed by atoms with E-state index in [-0.39, 0.29) is 11.9 Å². The van der Waals surface area contributed by atoms with Crippen molar-refractivity contribution < 1.29 is 9.53 Å². The van der Waals surface area contributed by atoms with E-state index in [9.17, 15) is 4.79 Å². The van der Waals surface area contributed by atoms with E-state index >= 15 is 0 Å². The zero-order valence-corrected chi connectivity index (χ0v) is 17.7. The second kappa shape index (κ2) is 9.23. The molecule has 0 aromatic heterocycles. The van der Waals surface area contributed by atoms with Gasteiger partial charge in [-0.2, -0.15) is 0 Å². The zero-order chi connectivity index (χ0) is 20.9. The van der Waals surface area contributed by atoms with Crippen LogP contribution in [0.5, 0.6) is 5.75 Å². The van der Waals surface area contributed by atoms with Crippen LogP contribution in [0.15, 0.2) is 72.8 Å². The first kappa shape index (κ1) is 20.3. The summed E-state index contributed by atoms with van der Waals surface area (Å²) in [6, 6.07) is 24.0. The number of ether oxygens (including phenoxy) is 1. The number of hydrogen-bond donors (Lipinski definition) is 1. The molecule has 0 spiro atoms. The fourth-order valence-corrected chi connectivity index (χ4v) is 3.89. The topological polar surface area (TPSA) is 41.6 Å². The number of para-hydroxylation sites is 2. The van der Waals surface area contributed by atoms with Gasteiger partial charge in [-0.15, -0.1) is 0 Å². The van der Waals surface area contributed by atoms with E-state index in [1.165, 1.54) is 11.1 Å². The first-order chi connectivity index (χ1) is 14.6. The van der Waals surface area contributed by atoms with Gasteiger partial charge in [-0.3, -0.25) is 4.79 Å². The minimum absolute atomic E-state index is 0.0168. The highest BCUT2D eigenvalue weighted by molar-refractivity contribution is 6.31. The number of benzene rings is 3. The summed E-state index contributed by atoms with van der Waals surface area (Å²) in [5, 5.41) is 3.66. The molecule has 1 heterocycles. The van der Waals surface area contributed by atoms with E-state index in [0.29, 0.717) is 24.6 Å². The Labute approximate surface area is 182 Å². The summed E-state index contributed by atoms with van der Waals surface area (Å²) >= 11 is 6.20. The molecular weight excluding hydrogens is 396 g/mol. The SMILES string of the molecule is Cc1ccc(CN2c3ccccc3OCC2CC(=O)NCc2ccccc2Cl)cc1. The summed E-state index contributed by atoms with van der Waals surface area (Å²) < 4.78 is 5.96. The number of carbonyl (C=O) groups is 1. The van der Waals surface area contributed by atoms with Crippen LogP contribution < -0.4 is 15.0 Å². The molecule has 1 unspecified atom stereocenters. The third-order valence-corrected chi connectivity index (χ3v) is 5.74. The molecule has 1 amide bonds. The number of aryl methyl sites for hydroxylation is 1. The molecule has 0 bridgehead atoms. The number of halogens is 1. The summed E-state index contributed by atoms with van der Waals surface area (Å²) in [5.41, 5.74) is 4.37.